The minimum atomic E-state index is -0.217. The average molecular weight is 411 g/mol. The van der Waals surface area contributed by atoms with Crippen LogP contribution >= 0.6 is 22.9 Å². The summed E-state index contributed by atoms with van der Waals surface area (Å²) in [4.78, 5) is 15.7. The van der Waals surface area contributed by atoms with Crippen molar-refractivity contribution in [3.8, 4) is 0 Å². The molecule has 2 aliphatic heterocycles. The van der Waals surface area contributed by atoms with E-state index in [9.17, 15) is 4.79 Å². The van der Waals surface area contributed by atoms with Crippen molar-refractivity contribution in [2.75, 3.05) is 11.9 Å². The predicted molar refractivity (Wildman–Crippen MR) is 113 cm³/mol. The van der Waals surface area contributed by atoms with Gasteiger partial charge in [-0.05, 0) is 23.3 Å². The smallest absolute Gasteiger partial charge is 0.256 e. The van der Waals surface area contributed by atoms with E-state index in [2.05, 4.69) is 41.0 Å². The van der Waals surface area contributed by atoms with E-state index in [1.54, 1.807) is 16.2 Å². The number of rotatable bonds is 3. The molecular formula is C22H21ClN3OS+. The molecule has 3 aromatic rings. The zero-order valence-corrected chi connectivity index (χ0v) is 16.9. The normalized spacial score (nSPS) is 20.7. The van der Waals surface area contributed by atoms with Crippen LogP contribution in [0, 0.1) is 0 Å². The second kappa shape index (κ2) is 7.24. The highest BCUT2D eigenvalue weighted by molar-refractivity contribution is 7.16. The molecule has 3 N–H and O–H groups in total. The summed E-state index contributed by atoms with van der Waals surface area (Å²) in [5.41, 5.74) is 4.45. The lowest BCUT2D eigenvalue weighted by Gasteiger charge is -2.27. The van der Waals surface area contributed by atoms with Crippen LogP contribution in [0.25, 0.3) is 0 Å². The number of anilines is 1. The highest BCUT2D eigenvalue weighted by Gasteiger charge is 2.34. The van der Waals surface area contributed by atoms with Gasteiger partial charge in [-0.2, -0.15) is 0 Å². The molecule has 5 rings (SSSR count). The van der Waals surface area contributed by atoms with Crippen molar-refractivity contribution in [1.82, 2.24) is 5.32 Å². The second-order valence-corrected chi connectivity index (χ2v) is 8.94. The third kappa shape index (κ3) is 3.30. The molecule has 0 aliphatic carbocycles. The van der Waals surface area contributed by atoms with Gasteiger partial charge in [0.25, 0.3) is 5.91 Å². The highest BCUT2D eigenvalue weighted by Crippen LogP contribution is 2.39. The van der Waals surface area contributed by atoms with Crippen LogP contribution in [0.3, 0.4) is 0 Å². The zero-order valence-electron chi connectivity index (χ0n) is 15.3. The molecule has 2 unspecified atom stereocenters. The van der Waals surface area contributed by atoms with Gasteiger partial charge in [0, 0.05) is 17.0 Å². The van der Waals surface area contributed by atoms with Gasteiger partial charge in [-0.3, -0.25) is 4.79 Å². The summed E-state index contributed by atoms with van der Waals surface area (Å²) >= 11 is 7.73. The Morgan fingerprint density at radius 1 is 1.07 bits per heavy atom. The Hall–Kier alpha value is -2.34. The summed E-state index contributed by atoms with van der Waals surface area (Å²) in [5.74, 6) is 0.0257. The van der Waals surface area contributed by atoms with Crippen molar-refractivity contribution in [3.05, 3.63) is 86.8 Å². The van der Waals surface area contributed by atoms with Crippen molar-refractivity contribution in [2.45, 2.75) is 25.7 Å². The number of carbonyl (C=O) groups is 1. The molecule has 2 aromatic carbocycles. The van der Waals surface area contributed by atoms with Crippen LogP contribution in [-0.2, 0) is 19.5 Å². The molecule has 142 valence electrons. The predicted octanol–water partition coefficient (Wildman–Crippen LogP) is 3.40. The molecule has 2 atom stereocenters. The quantitative estimate of drug-likeness (QED) is 0.619. The minimum Gasteiger partial charge on any atom is -0.353 e. The van der Waals surface area contributed by atoms with Gasteiger partial charge in [-0.1, -0.05) is 54.1 Å². The maximum absolute atomic E-state index is 12.9. The first kappa shape index (κ1) is 17.7. The fourth-order valence-corrected chi connectivity index (χ4v) is 5.58. The molecule has 0 saturated heterocycles. The monoisotopic (exact) mass is 410 g/mol. The Bertz CT molecular complexity index is 1020. The summed E-state index contributed by atoms with van der Waals surface area (Å²) in [7, 11) is 0. The lowest BCUT2D eigenvalue weighted by molar-refractivity contribution is -0.929. The first-order chi connectivity index (χ1) is 13.7. The van der Waals surface area contributed by atoms with Crippen LogP contribution in [0.4, 0.5) is 5.00 Å². The van der Waals surface area contributed by atoms with Gasteiger partial charge in [0.2, 0.25) is 0 Å². The summed E-state index contributed by atoms with van der Waals surface area (Å²) in [6.45, 7) is 3.05. The van der Waals surface area contributed by atoms with Gasteiger partial charge in [-0.15, -0.1) is 11.3 Å². The van der Waals surface area contributed by atoms with Crippen LogP contribution in [0.2, 0.25) is 5.02 Å². The van der Waals surface area contributed by atoms with E-state index in [4.69, 9.17) is 11.6 Å². The lowest BCUT2D eigenvalue weighted by Crippen LogP contribution is -3.10. The molecule has 0 bridgehead atoms. The van der Waals surface area contributed by atoms with Crippen molar-refractivity contribution in [1.29, 1.82) is 0 Å². The Morgan fingerprint density at radius 2 is 1.86 bits per heavy atom. The maximum Gasteiger partial charge on any atom is 0.256 e. The van der Waals surface area contributed by atoms with E-state index in [0.29, 0.717) is 5.02 Å². The molecular weight excluding hydrogens is 390 g/mol. The lowest BCUT2D eigenvalue weighted by atomic mass is 10.00. The number of quaternary nitrogens is 1. The molecule has 3 heterocycles. The number of hydrogen-bond donors (Lipinski definition) is 3. The topological polar surface area (TPSA) is 45.6 Å². The average Bonchev–Trinajstić information content (AvgIpc) is 3.07. The zero-order chi connectivity index (χ0) is 19.1. The van der Waals surface area contributed by atoms with Crippen molar-refractivity contribution < 1.29 is 9.69 Å². The fourth-order valence-electron chi connectivity index (χ4n) is 4.11. The SMILES string of the molecule is O=C1NC(c2ccc(Cl)cc2)Nc2sc3c(c21)CC[NH+](Cc1ccccc1)C3. The number of halogens is 1. The summed E-state index contributed by atoms with van der Waals surface area (Å²) in [6.07, 6.45) is 0.731. The van der Waals surface area contributed by atoms with Gasteiger partial charge >= 0.3 is 0 Å². The van der Waals surface area contributed by atoms with Crippen molar-refractivity contribution in [2.24, 2.45) is 0 Å². The molecule has 0 spiro atoms. The van der Waals surface area contributed by atoms with E-state index in [0.717, 1.165) is 42.2 Å². The second-order valence-electron chi connectivity index (χ2n) is 7.40. The number of thiophene rings is 1. The summed E-state index contributed by atoms with van der Waals surface area (Å²) in [6, 6.07) is 18.2. The molecule has 0 saturated carbocycles. The molecule has 0 radical (unpaired) electrons. The van der Waals surface area contributed by atoms with Crippen LogP contribution in [0.5, 0.6) is 0 Å². The number of hydrogen-bond acceptors (Lipinski definition) is 3. The minimum absolute atomic E-state index is 0.0257. The number of amides is 1. The van der Waals surface area contributed by atoms with E-state index >= 15 is 0 Å². The molecule has 28 heavy (non-hydrogen) atoms. The highest BCUT2D eigenvalue weighted by atomic mass is 35.5. The van der Waals surface area contributed by atoms with E-state index in [1.165, 1.54) is 16.0 Å². The van der Waals surface area contributed by atoms with Gasteiger partial charge in [0.1, 0.15) is 24.3 Å². The molecule has 1 aromatic heterocycles. The first-order valence-corrected chi connectivity index (χ1v) is 10.7. The Kier molecular flexibility index (Phi) is 4.59. The van der Waals surface area contributed by atoms with Crippen LogP contribution in [0.15, 0.2) is 54.6 Å². The molecule has 0 fully saturated rings. The number of carbonyl (C=O) groups excluding carboxylic acids is 1. The standard InChI is InChI=1S/C22H20ClN3OS/c23-16-8-6-15(7-9-16)20-24-21(27)19-17-10-11-26(12-14-4-2-1-3-5-14)13-18(17)28-22(19)25-20/h1-9,20,25H,10-13H2,(H,24,27)/p+1. The third-order valence-electron chi connectivity index (χ3n) is 5.51. The van der Waals surface area contributed by atoms with E-state index in [-0.39, 0.29) is 12.1 Å². The first-order valence-electron chi connectivity index (χ1n) is 9.52. The molecule has 6 heteroatoms. The number of benzene rings is 2. The van der Waals surface area contributed by atoms with E-state index < -0.39 is 0 Å². The Labute approximate surface area is 173 Å². The summed E-state index contributed by atoms with van der Waals surface area (Å²) < 4.78 is 0. The van der Waals surface area contributed by atoms with Gasteiger partial charge in [-0.25, -0.2) is 0 Å². The van der Waals surface area contributed by atoms with Crippen LogP contribution in [-0.4, -0.2) is 12.5 Å². The van der Waals surface area contributed by atoms with Gasteiger partial charge < -0.3 is 15.5 Å². The summed E-state index contributed by atoms with van der Waals surface area (Å²) in [5, 5.41) is 8.31. The van der Waals surface area contributed by atoms with Crippen LogP contribution < -0.4 is 15.5 Å². The molecule has 2 aliphatic rings. The number of nitrogens with one attached hydrogen (secondary N) is 3. The Balaban J connectivity index is 1.38. The number of fused-ring (bicyclic) bond motifs is 3. The van der Waals surface area contributed by atoms with E-state index in [1.807, 2.05) is 24.3 Å². The van der Waals surface area contributed by atoms with Crippen LogP contribution in [0.1, 0.15) is 38.1 Å². The van der Waals surface area contributed by atoms with Gasteiger partial charge in [0.05, 0.1) is 17.0 Å². The Morgan fingerprint density at radius 3 is 2.64 bits per heavy atom. The van der Waals surface area contributed by atoms with Gasteiger partial charge in [0.15, 0.2) is 0 Å². The largest absolute Gasteiger partial charge is 0.353 e. The maximum atomic E-state index is 12.9. The van der Waals surface area contributed by atoms with Crippen molar-refractivity contribution >= 4 is 33.8 Å². The third-order valence-corrected chi connectivity index (χ3v) is 6.92. The molecule has 1 amide bonds. The van der Waals surface area contributed by atoms with Crippen molar-refractivity contribution in [3.63, 3.8) is 0 Å². The fraction of sp³-hybridized carbons (Fsp3) is 0.227. The molecule has 4 nitrogen and oxygen atoms in total.